The van der Waals surface area contributed by atoms with Crippen molar-refractivity contribution in [1.29, 1.82) is 0 Å². The lowest BCUT2D eigenvalue weighted by Gasteiger charge is -2.33. The smallest absolute Gasteiger partial charge is 0.289 e. The van der Waals surface area contributed by atoms with Crippen LogP contribution in [0.15, 0.2) is 40.8 Å². The summed E-state index contributed by atoms with van der Waals surface area (Å²) in [6.45, 7) is 6.27. The molecular weight excluding hydrogens is 283 g/mol. The normalized spacial score (nSPS) is 16.0. The van der Waals surface area contributed by atoms with Gasteiger partial charge in [-0.05, 0) is 30.8 Å². The molecular formula is C17H19FN2O2. The molecule has 1 saturated heterocycles. The van der Waals surface area contributed by atoms with Gasteiger partial charge in [0.15, 0.2) is 5.76 Å². The van der Waals surface area contributed by atoms with Crippen LogP contribution in [-0.4, -0.2) is 48.4 Å². The molecule has 1 aliphatic rings. The van der Waals surface area contributed by atoms with E-state index in [0.29, 0.717) is 24.4 Å². The van der Waals surface area contributed by atoms with Gasteiger partial charge in [0, 0.05) is 26.2 Å². The number of likely N-dealkylation sites (N-methyl/N-ethyl adjacent to an activating group) is 1. The zero-order valence-electron chi connectivity index (χ0n) is 12.6. The second-order valence-electron chi connectivity index (χ2n) is 5.37. The van der Waals surface area contributed by atoms with Gasteiger partial charge in [0.1, 0.15) is 11.6 Å². The maximum atomic E-state index is 13.8. The molecule has 2 aromatic rings. The lowest BCUT2D eigenvalue weighted by atomic mass is 10.1. The van der Waals surface area contributed by atoms with Crippen molar-refractivity contribution in [3.05, 3.63) is 48.0 Å². The summed E-state index contributed by atoms with van der Waals surface area (Å²) in [5.74, 6) is 0.169. The Balaban J connectivity index is 1.74. The third-order valence-corrected chi connectivity index (χ3v) is 4.06. The Bertz CT molecular complexity index is 660. The van der Waals surface area contributed by atoms with Crippen molar-refractivity contribution in [3.8, 4) is 11.3 Å². The van der Waals surface area contributed by atoms with Crippen LogP contribution in [0, 0.1) is 5.82 Å². The number of carbonyl (C=O) groups is 1. The van der Waals surface area contributed by atoms with Gasteiger partial charge in [-0.2, -0.15) is 0 Å². The molecule has 0 bridgehead atoms. The van der Waals surface area contributed by atoms with E-state index in [9.17, 15) is 9.18 Å². The van der Waals surface area contributed by atoms with Gasteiger partial charge in [0.05, 0.1) is 5.56 Å². The van der Waals surface area contributed by atoms with Crippen molar-refractivity contribution in [2.75, 3.05) is 32.7 Å². The van der Waals surface area contributed by atoms with Crippen LogP contribution in [-0.2, 0) is 0 Å². The minimum Gasteiger partial charge on any atom is -0.451 e. The summed E-state index contributed by atoms with van der Waals surface area (Å²) in [5, 5.41) is 0. The summed E-state index contributed by atoms with van der Waals surface area (Å²) in [6.07, 6.45) is 0. The molecule has 5 heteroatoms. The van der Waals surface area contributed by atoms with Crippen LogP contribution in [0.2, 0.25) is 0 Å². The number of halogens is 1. The molecule has 1 aliphatic heterocycles. The fourth-order valence-corrected chi connectivity index (χ4v) is 2.68. The van der Waals surface area contributed by atoms with Crippen molar-refractivity contribution in [3.63, 3.8) is 0 Å². The number of nitrogens with zero attached hydrogens (tertiary/aromatic N) is 2. The Morgan fingerprint density at radius 2 is 1.86 bits per heavy atom. The number of amides is 1. The SMILES string of the molecule is CCN1CCN(C(=O)c2ccc(-c3ccccc3F)o2)CC1. The predicted molar refractivity (Wildman–Crippen MR) is 82.1 cm³/mol. The number of furan rings is 1. The van der Waals surface area contributed by atoms with Gasteiger partial charge in [-0.1, -0.05) is 19.1 Å². The molecule has 1 aromatic heterocycles. The molecule has 1 fully saturated rings. The fraction of sp³-hybridized carbons (Fsp3) is 0.353. The molecule has 0 aliphatic carbocycles. The van der Waals surface area contributed by atoms with E-state index in [1.54, 1.807) is 35.2 Å². The summed E-state index contributed by atoms with van der Waals surface area (Å²) < 4.78 is 19.3. The van der Waals surface area contributed by atoms with E-state index in [1.165, 1.54) is 6.07 Å². The molecule has 1 amide bonds. The number of carbonyl (C=O) groups excluding carboxylic acids is 1. The Labute approximate surface area is 129 Å². The van der Waals surface area contributed by atoms with Crippen LogP contribution in [0.1, 0.15) is 17.5 Å². The van der Waals surface area contributed by atoms with E-state index in [2.05, 4.69) is 11.8 Å². The minimum absolute atomic E-state index is 0.127. The number of benzene rings is 1. The van der Waals surface area contributed by atoms with Gasteiger partial charge < -0.3 is 14.2 Å². The molecule has 22 heavy (non-hydrogen) atoms. The van der Waals surface area contributed by atoms with E-state index >= 15 is 0 Å². The maximum absolute atomic E-state index is 13.8. The molecule has 116 valence electrons. The molecule has 0 spiro atoms. The van der Waals surface area contributed by atoms with Gasteiger partial charge in [0.2, 0.25) is 0 Å². The first-order chi connectivity index (χ1) is 10.7. The first-order valence-corrected chi connectivity index (χ1v) is 7.55. The lowest BCUT2D eigenvalue weighted by molar-refractivity contribution is 0.0613. The maximum Gasteiger partial charge on any atom is 0.289 e. The van der Waals surface area contributed by atoms with E-state index in [-0.39, 0.29) is 17.5 Å². The molecule has 0 atom stereocenters. The fourth-order valence-electron chi connectivity index (χ4n) is 2.68. The van der Waals surface area contributed by atoms with E-state index in [4.69, 9.17) is 4.42 Å². The van der Waals surface area contributed by atoms with Crippen molar-refractivity contribution in [1.82, 2.24) is 9.80 Å². The summed E-state index contributed by atoms with van der Waals surface area (Å²) in [7, 11) is 0. The predicted octanol–water partition coefficient (Wildman–Crippen LogP) is 2.86. The zero-order valence-corrected chi connectivity index (χ0v) is 12.6. The average molecular weight is 302 g/mol. The molecule has 0 radical (unpaired) electrons. The average Bonchev–Trinajstić information content (AvgIpc) is 3.04. The van der Waals surface area contributed by atoms with Gasteiger partial charge in [-0.15, -0.1) is 0 Å². The molecule has 4 nitrogen and oxygen atoms in total. The van der Waals surface area contributed by atoms with Gasteiger partial charge in [-0.3, -0.25) is 4.79 Å². The summed E-state index contributed by atoms with van der Waals surface area (Å²) in [5.41, 5.74) is 0.373. The van der Waals surface area contributed by atoms with E-state index in [1.807, 2.05) is 0 Å². The number of hydrogen-bond donors (Lipinski definition) is 0. The second kappa shape index (κ2) is 6.32. The van der Waals surface area contributed by atoms with Crippen molar-refractivity contribution in [2.45, 2.75) is 6.92 Å². The van der Waals surface area contributed by atoms with Crippen LogP contribution in [0.25, 0.3) is 11.3 Å². The highest BCUT2D eigenvalue weighted by Gasteiger charge is 2.24. The van der Waals surface area contributed by atoms with Crippen molar-refractivity contribution < 1.29 is 13.6 Å². The molecule has 0 unspecified atom stereocenters. The Hall–Kier alpha value is -2.14. The summed E-state index contributed by atoms with van der Waals surface area (Å²) in [6, 6.07) is 9.66. The van der Waals surface area contributed by atoms with Crippen LogP contribution in [0.4, 0.5) is 4.39 Å². The Morgan fingerprint density at radius 1 is 1.14 bits per heavy atom. The molecule has 3 rings (SSSR count). The third kappa shape index (κ3) is 2.90. The van der Waals surface area contributed by atoms with Crippen LogP contribution < -0.4 is 0 Å². The first-order valence-electron chi connectivity index (χ1n) is 7.55. The molecule has 0 N–H and O–H groups in total. The second-order valence-corrected chi connectivity index (χ2v) is 5.37. The highest BCUT2D eigenvalue weighted by molar-refractivity contribution is 5.92. The van der Waals surface area contributed by atoms with Crippen LogP contribution >= 0.6 is 0 Å². The lowest BCUT2D eigenvalue weighted by Crippen LogP contribution is -2.48. The highest BCUT2D eigenvalue weighted by atomic mass is 19.1. The number of piperazine rings is 1. The summed E-state index contributed by atoms with van der Waals surface area (Å²) in [4.78, 5) is 16.5. The van der Waals surface area contributed by atoms with Crippen molar-refractivity contribution >= 4 is 5.91 Å². The Morgan fingerprint density at radius 3 is 2.55 bits per heavy atom. The van der Waals surface area contributed by atoms with Gasteiger partial charge >= 0.3 is 0 Å². The highest BCUT2D eigenvalue weighted by Crippen LogP contribution is 2.25. The quantitative estimate of drug-likeness (QED) is 0.875. The number of hydrogen-bond acceptors (Lipinski definition) is 3. The van der Waals surface area contributed by atoms with Crippen LogP contribution in [0.5, 0.6) is 0 Å². The third-order valence-electron chi connectivity index (χ3n) is 4.06. The standard InChI is InChI=1S/C17H19FN2O2/c1-2-19-9-11-20(12-10-19)17(21)16-8-7-15(22-16)13-5-3-4-6-14(13)18/h3-8H,2,9-12H2,1H3. The van der Waals surface area contributed by atoms with E-state index in [0.717, 1.165) is 19.6 Å². The number of rotatable bonds is 3. The molecule has 0 saturated carbocycles. The summed E-state index contributed by atoms with van der Waals surface area (Å²) >= 11 is 0. The topological polar surface area (TPSA) is 36.7 Å². The van der Waals surface area contributed by atoms with E-state index < -0.39 is 0 Å². The molecule has 1 aromatic carbocycles. The van der Waals surface area contributed by atoms with Gasteiger partial charge in [0.25, 0.3) is 5.91 Å². The monoisotopic (exact) mass is 302 g/mol. The Kier molecular flexibility index (Phi) is 4.24. The van der Waals surface area contributed by atoms with Crippen molar-refractivity contribution in [2.24, 2.45) is 0 Å². The largest absolute Gasteiger partial charge is 0.451 e. The van der Waals surface area contributed by atoms with Crippen LogP contribution in [0.3, 0.4) is 0 Å². The zero-order chi connectivity index (χ0) is 15.5. The first kappa shape index (κ1) is 14.8. The van der Waals surface area contributed by atoms with Gasteiger partial charge in [-0.25, -0.2) is 4.39 Å². The minimum atomic E-state index is -0.354. The molecule has 2 heterocycles.